The summed E-state index contributed by atoms with van der Waals surface area (Å²) in [6.07, 6.45) is 4.20. The summed E-state index contributed by atoms with van der Waals surface area (Å²) in [6.45, 7) is 3.26. The fourth-order valence-electron chi connectivity index (χ4n) is 2.22. The topological polar surface area (TPSA) is 12.0 Å². The number of benzene rings is 1. The maximum atomic E-state index is 3.62. The van der Waals surface area contributed by atoms with Crippen LogP contribution >= 0.6 is 22.6 Å². The molecule has 0 saturated heterocycles. The standard InChI is InChI=1S/C13H18IN/c1-2-15-13(10-4-3-5-10)11-6-8-12(14)9-7-11/h6-10,13,15H,2-5H2,1H3. The summed E-state index contributed by atoms with van der Waals surface area (Å²) in [5, 5.41) is 3.62. The minimum Gasteiger partial charge on any atom is -0.310 e. The molecule has 1 unspecified atom stereocenters. The third-order valence-electron chi connectivity index (χ3n) is 3.27. The SMILES string of the molecule is CCNC(c1ccc(I)cc1)C1CCC1. The summed E-state index contributed by atoms with van der Waals surface area (Å²) in [4.78, 5) is 0. The Morgan fingerprint density at radius 2 is 2.00 bits per heavy atom. The summed E-state index contributed by atoms with van der Waals surface area (Å²) in [5.41, 5.74) is 1.46. The Morgan fingerprint density at radius 1 is 1.33 bits per heavy atom. The van der Waals surface area contributed by atoms with Crippen molar-refractivity contribution in [3.63, 3.8) is 0 Å². The van der Waals surface area contributed by atoms with Gasteiger partial charge in [-0.15, -0.1) is 0 Å². The zero-order valence-corrected chi connectivity index (χ0v) is 11.3. The van der Waals surface area contributed by atoms with E-state index in [9.17, 15) is 0 Å². The van der Waals surface area contributed by atoms with E-state index in [4.69, 9.17) is 0 Å². The minimum absolute atomic E-state index is 0.584. The molecule has 1 fully saturated rings. The first-order chi connectivity index (χ1) is 7.31. The van der Waals surface area contributed by atoms with E-state index < -0.39 is 0 Å². The second-order valence-electron chi connectivity index (χ2n) is 4.28. The summed E-state index contributed by atoms with van der Waals surface area (Å²) in [7, 11) is 0. The summed E-state index contributed by atoms with van der Waals surface area (Å²) >= 11 is 2.36. The number of hydrogen-bond acceptors (Lipinski definition) is 1. The largest absolute Gasteiger partial charge is 0.310 e. The van der Waals surface area contributed by atoms with Gasteiger partial charge in [0, 0.05) is 9.61 Å². The highest BCUT2D eigenvalue weighted by molar-refractivity contribution is 14.1. The molecule has 0 aromatic heterocycles. The van der Waals surface area contributed by atoms with Gasteiger partial charge in [-0.25, -0.2) is 0 Å². The van der Waals surface area contributed by atoms with Gasteiger partial charge in [-0.1, -0.05) is 25.5 Å². The molecule has 1 aliphatic carbocycles. The van der Waals surface area contributed by atoms with E-state index in [-0.39, 0.29) is 0 Å². The van der Waals surface area contributed by atoms with Crippen LogP contribution in [0.25, 0.3) is 0 Å². The molecule has 82 valence electrons. The van der Waals surface area contributed by atoms with Crippen LogP contribution in [0.3, 0.4) is 0 Å². The molecule has 2 heteroatoms. The molecule has 0 spiro atoms. The van der Waals surface area contributed by atoms with Crippen molar-refractivity contribution in [2.45, 2.75) is 32.2 Å². The Bertz CT molecular complexity index is 303. The minimum atomic E-state index is 0.584. The van der Waals surface area contributed by atoms with Crippen molar-refractivity contribution in [2.75, 3.05) is 6.54 Å². The van der Waals surface area contributed by atoms with Gasteiger partial charge in [-0.2, -0.15) is 0 Å². The maximum Gasteiger partial charge on any atom is 0.0348 e. The van der Waals surface area contributed by atoms with Gasteiger partial charge >= 0.3 is 0 Å². The molecule has 0 heterocycles. The van der Waals surface area contributed by atoms with E-state index >= 15 is 0 Å². The van der Waals surface area contributed by atoms with Crippen LogP contribution in [0.4, 0.5) is 0 Å². The lowest BCUT2D eigenvalue weighted by Gasteiger charge is -2.34. The summed E-state index contributed by atoms with van der Waals surface area (Å²) < 4.78 is 1.32. The Kier molecular flexibility index (Phi) is 4.03. The quantitative estimate of drug-likeness (QED) is 0.835. The number of nitrogens with one attached hydrogen (secondary N) is 1. The predicted octanol–water partition coefficient (Wildman–Crippen LogP) is 3.74. The second kappa shape index (κ2) is 5.30. The zero-order valence-electron chi connectivity index (χ0n) is 9.17. The molecule has 0 aliphatic heterocycles. The fourth-order valence-corrected chi connectivity index (χ4v) is 2.58. The summed E-state index contributed by atoms with van der Waals surface area (Å²) in [6, 6.07) is 9.54. The van der Waals surface area contributed by atoms with Crippen molar-refractivity contribution >= 4 is 22.6 Å². The third kappa shape index (κ3) is 2.72. The van der Waals surface area contributed by atoms with Gasteiger partial charge in [0.15, 0.2) is 0 Å². The fraction of sp³-hybridized carbons (Fsp3) is 0.538. The molecule has 1 nitrogen and oxygen atoms in total. The van der Waals surface area contributed by atoms with Crippen LogP contribution in [-0.4, -0.2) is 6.54 Å². The zero-order chi connectivity index (χ0) is 10.7. The molecule has 1 atom stereocenters. The lowest BCUT2D eigenvalue weighted by Crippen LogP contribution is -2.32. The van der Waals surface area contributed by atoms with E-state index in [0.717, 1.165) is 12.5 Å². The number of rotatable bonds is 4. The highest BCUT2D eigenvalue weighted by Crippen LogP contribution is 2.37. The maximum absolute atomic E-state index is 3.62. The van der Waals surface area contributed by atoms with E-state index in [0.29, 0.717) is 6.04 Å². The number of halogens is 1. The van der Waals surface area contributed by atoms with Crippen molar-refractivity contribution < 1.29 is 0 Å². The predicted molar refractivity (Wildman–Crippen MR) is 72.9 cm³/mol. The number of hydrogen-bond donors (Lipinski definition) is 1. The van der Waals surface area contributed by atoms with Gasteiger partial charge in [0.25, 0.3) is 0 Å². The summed E-state index contributed by atoms with van der Waals surface area (Å²) in [5.74, 6) is 0.866. The van der Waals surface area contributed by atoms with Gasteiger partial charge in [-0.3, -0.25) is 0 Å². The van der Waals surface area contributed by atoms with Gasteiger partial charge in [0.05, 0.1) is 0 Å². The van der Waals surface area contributed by atoms with E-state index in [2.05, 4.69) is 59.1 Å². The van der Waals surface area contributed by atoms with Gasteiger partial charge in [-0.05, 0) is 65.6 Å². The molecule has 1 aromatic rings. The average molecular weight is 315 g/mol. The van der Waals surface area contributed by atoms with Crippen molar-refractivity contribution in [2.24, 2.45) is 5.92 Å². The van der Waals surface area contributed by atoms with Crippen LogP contribution in [0.15, 0.2) is 24.3 Å². The van der Waals surface area contributed by atoms with Crippen LogP contribution in [-0.2, 0) is 0 Å². The monoisotopic (exact) mass is 315 g/mol. The first kappa shape index (κ1) is 11.4. The molecule has 0 radical (unpaired) electrons. The van der Waals surface area contributed by atoms with Crippen LogP contribution in [0.5, 0.6) is 0 Å². The average Bonchev–Trinajstić information content (AvgIpc) is 2.16. The van der Waals surface area contributed by atoms with Crippen LogP contribution < -0.4 is 5.32 Å². The Hall–Kier alpha value is -0.0900. The van der Waals surface area contributed by atoms with Crippen LogP contribution in [0.1, 0.15) is 37.8 Å². The molecule has 1 saturated carbocycles. The van der Waals surface area contributed by atoms with Crippen molar-refractivity contribution in [1.82, 2.24) is 5.32 Å². The van der Waals surface area contributed by atoms with Gasteiger partial charge in [0.1, 0.15) is 0 Å². The first-order valence-electron chi connectivity index (χ1n) is 5.80. The Balaban J connectivity index is 2.12. The molecule has 2 rings (SSSR count). The van der Waals surface area contributed by atoms with Gasteiger partial charge < -0.3 is 5.32 Å². The smallest absolute Gasteiger partial charge is 0.0348 e. The van der Waals surface area contributed by atoms with Gasteiger partial charge in [0.2, 0.25) is 0 Å². The molecule has 1 N–H and O–H groups in total. The highest BCUT2D eigenvalue weighted by Gasteiger charge is 2.27. The Labute approximate surface area is 106 Å². The Morgan fingerprint density at radius 3 is 2.47 bits per heavy atom. The van der Waals surface area contributed by atoms with E-state index in [1.165, 1.54) is 28.4 Å². The lowest BCUT2D eigenvalue weighted by atomic mass is 9.77. The molecule has 1 aliphatic rings. The van der Waals surface area contributed by atoms with Crippen molar-refractivity contribution in [3.05, 3.63) is 33.4 Å². The third-order valence-corrected chi connectivity index (χ3v) is 3.99. The van der Waals surface area contributed by atoms with Crippen LogP contribution in [0.2, 0.25) is 0 Å². The molecular weight excluding hydrogens is 297 g/mol. The highest BCUT2D eigenvalue weighted by atomic mass is 127. The normalized spacial score (nSPS) is 18.5. The molecule has 0 bridgehead atoms. The lowest BCUT2D eigenvalue weighted by molar-refractivity contribution is 0.233. The van der Waals surface area contributed by atoms with Crippen molar-refractivity contribution in [3.8, 4) is 0 Å². The molecule has 15 heavy (non-hydrogen) atoms. The second-order valence-corrected chi connectivity index (χ2v) is 5.52. The van der Waals surface area contributed by atoms with E-state index in [1.807, 2.05) is 0 Å². The molecule has 1 aromatic carbocycles. The molecular formula is C13H18IN. The van der Waals surface area contributed by atoms with Crippen LogP contribution in [0, 0.1) is 9.49 Å². The van der Waals surface area contributed by atoms with E-state index in [1.54, 1.807) is 0 Å². The first-order valence-corrected chi connectivity index (χ1v) is 6.88. The molecule has 0 amide bonds. The van der Waals surface area contributed by atoms with Crippen molar-refractivity contribution in [1.29, 1.82) is 0 Å².